The zero-order valence-corrected chi connectivity index (χ0v) is 10.00. The molecule has 0 bridgehead atoms. The van der Waals surface area contributed by atoms with Crippen LogP contribution in [0, 0.1) is 0 Å². The highest BCUT2D eigenvalue weighted by molar-refractivity contribution is 5.86. The van der Waals surface area contributed by atoms with Crippen molar-refractivity contribution in [3.8, 4) is 11.3 Å². The van der Waals surface area contributed by atoms with Crippen LogP contribution in [0.5, 0.6) is 0 Å². The van der Waals surface area contributed by atoms with E-state index in [-0.39, 0.29) is 5.56 Å². The first kappa shape index (κ1) is 10.7. The molecule has 0 aliphatic carbocycles. The van der Waals surface area contributed by atoms with Gasteiger partial charge >= 0.3 is 0 Å². The first-order valence-corrected chi connectivity index (χ1v) is 5.77. The van der Waals surface area contributed by atoms with Crippen molar-refractivity contribution in [2.24, 2.45) is 7.05 Å². The highest BCUT2D eigenvalue weighted by Gasteiger charge is 2.02. The van der Waals surface area contributed by atoms with Crippen molar-refractivity contribution in [1.29, 1.82) is 0 Å². The number of aryl methyl sites for hydroxylation is 1. The van der Waals surface area contributed by atoms with Crippen molar-refractivity contribution in [1.82, 2.24) is 9.78 Å². The molecule has 1 heterocycles. The minimum atomic E-state index is -0.0976. The molecule has 2 aromatic carbocycles. The van der Waals surface area contributed by atoms with Crippen molar-refractivity contribution in [2.75, 3.05) is 0 Å². The molecular formula is C15H12N2O. The molecule has 0 N–H and O–H groups in total. The molecule has 3 nitrogen and oxygen atoms in total. The standard InChI is InChI=1S/C15H12N2O/c1-17-15(18)9-8-14(16-17)13-7-6-11-4-2-3-5-12(11)10-13/h2-10H,1H3. The number of hydrogen-bond donors (Lipinski definition) is 0. The number of rotatable bonds is 1. The van der Waals surface area contributed by atoms with E-state index in [1.165, 1.54) is 21.5 Å². The van der Waals surface area contributed by atoms with Crippen LogP contribution >= 0.6 is 0 Å². The van der Waals surface area contributed by atoms with Gasteiger partial charge in [0.05, 0.1) is 5.69 Å². The third kappa shape index (κ3) is 1.80. The quantitative estimate of drug-likeness (QED) is 0.651. The predicted molar refractivity (Wildman–Crippen MR) is 72.4 cm³/mol. The average Bonchev–Trinajstić information content (AvgIpc) is 2.41. The van der Waals surface area contributed by atoms with Crippen LogP contribution in [0.1, 0.15) is 0 Å². The Labute approximate surface area is 104 Å². The van der Waals surface area contributed by atoms with Crippen molar-refractivity contribution in [2.45, 2.75) is 0 Å². The van der Waals surface area contributed by atoms with Crippen LogP contribution in [-0.4, -0.2) is 9.78 Å². The molecule has 3 aromatic rings. The van der Waals surface area contributed by atoms with Crippen LogP contribution in [0.4, 0.5) is 0 Å². The third-order valence-corrected chi connectivity index (χ3v) is 3.01. The van der Waals surface area contributed by atoms with Crippen molar-refractivity contribution in [3.05, 3.63) is 65.0 Å². The van der Waals surface area contributed by atoms with Gasteiger partial charge in [-0.05, 0) is 22.9 Å². The van der Waals surface area contributed by atoms with E-state index >= 15 is 0 Å². The van der Waals surface area contributed by atoms with Gasteiger partial charge in [-0.2, -0.15) is 5.10 Å². The van der Waals surface area contributed by atoms with Crippen molar-refractivity contribution >= 4 is 10.8 Å². The predicted octanol–water partition coefficient (Wildman–Crippen LogP) is 2.60. The number of benzene rings is 2. The topological polar surface area (TPSA) is 34.9 Å². The van der Waals surface area contributed by atoms with E-state index in [4.69, 9.17) is 0 Å². The summed E-state index contributed by atoms with van der Waals surface area (Å²) in [5.74, 6) is 0. The first-order chi connectivity index (χ1) is 8.74. The fourth-order valence-corrected chi connectivity index (χ4v) is 2.00. The van der Waals surface area contributed by atoms with E-state index in [1.807, 2.05) is 18.2 Å². The second-order valence-electron chi connectivity index (χ2n) is 4.24. The van der Waals surface area contributed by atoms with E-state index in [2.05, 4.69) is 29.4 Å². The second kappa shape index (κ2) is 4.11. The highest BCUT2D eigenvalue weighted by Crippen LogP contribution is 2.22. The molecule has 0 amide bonds. The molecule has 0 unspecified atom stereocenters. The molecule has 3 rings (SSSR count). The SMILES string of the molecule is Cn1nc(-c2ccc3ccccc3c2)ccc1=O. The molecule has 18 heavy (non-hydrogen) atoms. The summed E-state index contributed by atoms with van der Waals surface area (Å²) in [6, 6.07) is 17.7. The third-order valence-electron chi connectivity index (χ3n) is 3.01. The number of nitrogens with zero attached hydrogens (tertiary/aromatic N) is 2. The maximum atomic E-state index is 11.3. The summed E-state index contributed by atoms with van der Waals surface area (Å²) in [7, 11) is 1.66. The van der Waals surface area contributed by atoms with Crippen molar-refractivity contribution in [3.63, 3.8) is 0 Å². The van der Waals surface area contributed by atoms with E-state index in [0.29, 0.717) is 0 Å². The molecule has 0 spiro atoms. The van der Waals surface area contributed by atoms with Crippen LogP contribution in [0.3, 0.4) is 0 Å². The average molecular weight is 236 g/mol. The molecule has 0 radical (unpaired) electrons. The van der Waals surface area contributed by atoms with Gasteiger partial charge < -0.3 is 0 Å². The highest BCUT2D eigenvalue weighted by atomic mass is 16.1. The van der Waals surface area contributed by atoms with E-state index < -0.39 is 0 Å². The minimum absolute atomic E-state index is 0.0976. The Bertz CT molecular complexity index is 775. The lowest BCUT2D eigenvalue weighted by atomic mass is 10.1. The summed E-state index contributed by atoms with van der Waals surface area (Å²) in [5, 5.41) is 6.63. The molecular weight excluding hydrogens is 224 g/mol. The largest absolute Gasteiger partial charge is 0.268 e. The van der Waals surface area contributed by atoms with Gasteiger partial charge in [-0.3, -0.25) is 4.79 Å². The van der Waals surface area contributed by atoms with Gasteiger partial charge in [0.2, 0.25) is 0 Å². The van der Waals surface area contributed by atoms with Crippen LogP contribution in [0.2, 0.25) is 0 Å². The smallest absolute Gasteiger partial charge is 0.266 e. The molecule has 1 aromatic heterocycles. The Morgan fingerprint density at radius 3 is 2.50 bits per heavy atom. The Morgan fingerprint density at radius 2 is 1.72 bits per heavy atom. The van der Waals surface area contributed by atoms with Gasteiger partial charge in [-0.15, -0.1) is 0 Å². The van der Waals surface area contributed by atoms with Gasteiger partial charge in [0.15, 0.2) is 0 Å². The fraction of sp³-hybridized carbons (Fsp3) is 0.0667. The molecule has 0 saturated carbocycles. The zero-order chi connectivity index (χ0) is 12.5. The molecule has 0 atom stereocenters. The monoisotopic (exact) mass is 236 g/mol. The summed E-state index contributed by atoms with van der Waals surface area (Å²) in [4.78, 5) is 11.3. The van der Waals surface area contributed by atoms with Gasteiger partial charge in [-0.1, -0.05) is 36.4 Å². The maximum absolute atomic E-state index is 11.3. The van der Waals surface area contributed by atoms with Crippen LogP contribution in [0.25, 0.3) is 22.0 Å². The fourth-order valence-electron chi connectivity index (χ4n) is 2.00. The van der Waals surface area contributed by atoms with Crippen LogP contribution in [0.15, 0.2) is 59.4 Å². The molecule has 88 valence electrons. The molecule has 3 heteroatoms. The Hall–Kier alpha value is -2.42. The Kier molecular flexibility index (Phi) is 2.45. The van der Waals surface area contributed by atoms with Crippen LogP contribution in [-0.2, 0) is 7.05 Å². The number of aromatic nitrogens is 2. The van der Waals surface area contributed by atoms with Crippen molar-refractivity contribution < 1.29 is 0 Å². The zero-order valence-electron chi connectivity index (χ0n) is 10.00. The molecule has 0 aliphatic rings. The first-order valence-electron chi connectivity index (χ1n) is 5.77. The normalized spacial score (nSPS) is 10.7. The van der Waals surface area contributed by atoms with Gasteiger partial charge in [0.25, 0.3) is 5.56 Å². The van der Waals surface area contributed by atoms with E-state index in [9.17, 15) is 4.79 Å². The second-order valence-corrected chi connectivity index (χ2v) is 4.24. The number of fused-ring (bicyclic) bond motifs is 1. The molecule has 0 fully saturated rings. The Balaban J connectivity index is 2.19. The minimum Gasteiger partial charge on any atom is -0.268 e. The van der Waals surface area contributed by atoms with Gasteiger partial charge in [0.1, 0.15) is 0 Å². The molecule has 0 saturated heterocycles. The van der Waals surface area contributed by atoms with E-state index in [1.54, 1.807) is 13.1 Å². The van der Waals surface area contributed by atoms with Gasteiger partial charge in [0, 0.05) is 18.7 Å². The summed E-state index contributed by atoms with van der Waals surface area (Å²) in [6.45, 7) is 0. The molecule has 0 aliphatic heterocycles. The van der Waals surface area contributed by atoms with E-state index in [0.717, 1.165) is 11.3 Å². The van der Waals surface area contributed by atoms with Crippen LogP contribution < -0.4 is 5.56 Å². The summed E-state index contributed by atoms with van der Waals surface area (Å²) in [5.41, 5.74) is 1.73. The summed E-state index contributed by atoms with van der Waals surface area (Å²) in [6.07, 6.45) is 0. The lowest BCUT2D eigenvalue weighted by Gasteiger charge is -2.04. The summed E-state index contributed by atoms with van der Waals surface area (Å²) >= 11 is 0. The lowest BCUT2D eigenvalue weighted by molar-refractivity contribution is 0.712. The van der Waals surface area contributed by atoms with Gasteiger partial charge in [-0.25, -0.2) is 4.68 Å². The summed E-state index contributed by atoms with van der Waals surface area (Å²) < 4.78 is 1.35. The lowest BCUT2D eigenvalue weighted by Crippen LogP contribution is -2.18. The number of hydrogen-bond acceptors (Lipinski definition) is 2. The maximum Gasteiger partial charge on any atom is 0.266 e. The Morgan fingerprint density at radius 1 is 0.944 bits per heavy atom.